The fourth-order valence-corrected chi connectivity index (χ4v) is 7.28. The monoisotopic (exact) mass is 505 g/mol. The van der Waals surface area contributed by atoms with Gasteiger partial charge in [-0.25, -0.2) is 9.48 Å². The number of nitrogens with one attached hydrogen (secondary N) is 1. The summed E-state index contributed by atoms with van der Waals surface area (Å²) in [5.74, 6) is -1.92. The maximum atomic E-state index is 13.1. The Labute approximate surface area is 206 Å². The number of carbonyl (C=O) groups is 3. The van der Waals surface area contributed by atoms with Crippen LogP contribution in [-0.4, -0.2) is 95.8 Å². The lowest BCUT2D eigenvalue weighted by Crippen LogP contribution is -2.62. The zero-order valence-electron chi connectivity index (χ0n) is 19.7. The Morgan fingerprint density at radius 1 is 1.40 bits per heavy atom. The zero-order chi connectivity index (χ0) is 25.0. The number of likely N-dealkylation sites (tertiary alicyclic amines) is 1. The molecule has 0 radical (unpaired) electrons. The van der Waals surface area contributed by atoms with Crippen molar-refractivity contribution in [2.24, 2.45) is 17.6 Å². The van der Waals surface area contributed by atoms with E-state index in [1.54, 1.807) is 15.8 Å². The van der Waals surface area contributed by atoms with Crippen LogP contribution in [0.15, 0.2) is 16.8 Å². The van der Waals surface area contributed by atoms with Crippen LogP contribution in [0.1, 0.15) is 38.4 Å². The van der Waals surface area contributed by atoms with Crippen LogP contribution >= 0.6 is 11.8 Å². The number of fused-ring (bicyclic) bond motifs is 1. The summed E-state index contributed by atoms with van der Waals surface area (Å²) < 4.78 is 1.56. The van der Waals surface area contributed by atoms with Crippen LogP contribution in [-0.2, 0) is 21.0 Å². The number of aliphatic hydroxyl groups is 1. The first-order valence-electron chi connectivity index (χ1n) is 12.0. The Morgan fingerprint density at radius 2 is 2.17 bits per heavy atom. The molecule has 5 N–H and O–H groups in total. The lowest BCUT2D eigenvalue weighted by Gasteiger charge is -2.47. The molecule has 0 saturated carbocycles. The molecule has 4 aliphatic heterocycles. The number of hydrogen-bond acceptors (Lipinski definition) is 9. The molecule has 7 atom stereocenters. The summed E-state index contributed by atoms with van der Waals surface area (Å²) in [7, 11) is 0. The molecule has 0 aromatic carbocycles. The summed E-state index contributed by atoms with van der Waals surface area (Å²) in [6, 6.07) is -0.896. The molecule has 0 bridgehead atoms. The molecular weight excluding hydrogens is 474 g/mol. The predicted octanol–water partition coefficient (Wildman–Crippen LogP) is -0.872. The molecule has 13 heteroatoms. The number of carbonyl (C=O) groups excluding carboxylic acids is 2. The van der Waals surface area contributed by atoms with Crippen LogP contribution in [0.25, 0.3) is 0 Å². The Hall–Kier alpha value is -2.48. The molecule has 4 aliphatic rings. The average molecular weight is 506 g/mol. The molecule has 5 rings (SSSR count). The molecule has 3 fully saturated rings. The van der Waals surface area contributed by atoms with E-state index in [1.807, 2.05) is 13.8 Å². The Kier molecular flexibility index (Phi) is 6.36. The van der Waals surface area contributed by atoms with Gasteiger partial charge in [0.2, 0.25) is 11.8 Å². The van der Waals surface area contributed by atoms with Crippen molar-refractivity contribution >= 4 is 29.5 Å². The molecule has 0 unspecified atom stereocenters. The van der Waals surface area contributed by atoms with E-state index < -0.39 is 11.9 Å². The first-order valence-corrected chi connectivity index (χ1v) is 12.9. The maximum absolute atomic E-state index is 13.1. The van der Waals surface area contributed by atoms with Crippen molar-refractivity contribution in [3.8, 4) is 0 Å². The van der Waals surface area contributed by atoms with E-state index >= 15 is 0 Å². The van der Waals surface area contributed by atoms with Crippen molar-refractivity contribution in [2.45, 2.75) is 62.7 Å². The largest absolute Gasteiger partial charge is 0.477 e. The third-order valence-corrected chi connectivity index (χ3v) is 9.18. The van der Waals surface area contributed by atoms with Crippen molar-refractivity contribution in [1.82, 2.24) is 30.1 Å². The number of nitrogens with two attached hydrogens (primary N) is 1. The van der Waals surface area contributed by atoms with Gasteiger partial charge in [0, 0.05) is 41.7 Å². The molecule has 35 heavy (non-hydrogen) atoms. The number of carboxylic acid groups (broad SMARTS) is 1. The number of carboxylic acids is 1. The zero-order valence-corrected chi connectivity index (χ0v) is 20.5. The van der Waals surface area contributed by atoms with E-state index in [9.17, 15) is 24.6 Å². The SMILES string of the molecule is C[C@H]([C@H]1C(=O)N2C(C(=O)O)=C(S[C@@H]3CN[C@H](C(=O)N4CC[C@@H](N)C4)C3)[C@H](C)[C@H]12)n1cc(CO)nn1. The third-order valence-electron chi connectivity index (χ3n) is 7.67. The molecule has 5 heterocycles. The summed E-state index contributed by atoms with van der Waals surface area (Å²) in [5.41, 5.74) is 6.41. The number of aromatic nitrogens is 3. The molecule has 190 valence electrons. The van der Waals surface area contributed by atoms with Gasteiger partial charge in [-0.2, -0.15) is 0 Å². The van der Waals surface area contributed by atoms with Gasteiger partial charge < -0.3 is 31.1 Å². The second-order valence-electron chi connectivity index (χ2n) is 9.89. The number of thioether (sulfide) groups is 1. The van der Waals surface area contributed by atoms with Crippen LogP contribution in [0.4, 0.5) is 0 Å². The highest BCUT2D eigenvalue weighted by molar-refractivity contribution is 8.03. The van der Waals surface area contributed by atoms with Crippen LogP contribution in [0, 0.1) is 11.8 Å². The highest BCUT2D eigenvalue weighted by Gasteiger charge is 2.61. The first-order chi connectivity index (χ1) is 16.7. The minimum absolute atomic E-state index is 0.0262. The number of amides is 2. The van der Waals surface area contributed by atoms with Gasteiger partial charge in [0.15, 0.2) is 0 Å². The van der Waals surface area contributed by atoms with Crippen molar-refractivity contribution in [3.63, 3.8) is 0 Å². The van der Waals surface area contributed by atoms with E-state index in [-0.39, 0.29) is 59.5 Å². The van der Waals surface area contributed by atoms with E-state index in [1.165, 1.54) is 16.7 Å². The summed E-state index contributed by atoms with van der Waals surface area (Å²) in [5, 5.41) is 30.5. The minimum Gasteiger partial charge on any atom is -0.477 e. The number of aliphatic carboxylic acids is 1. The van der Waals surface area contributed by atoms with Gasteiger partial charge >= 0.3 is 5.97 Å². The summed E-state index contributed by atoms with van der Waals surface area (Å²) in [4.78, 5) is 42.1. The number of hydrogen-bond donors (Lipinski definition) is 4. The fourth-order valence-electron chi connectivity index (χ4n) is 5.80. The van der Waals surface area contributed by atoms with Crippen molar-refractivity contribution in [2.75, 3.05) is 19.6 Å². The van der Waals surface area contributed by atoms with Gasteiger partial charge in [-0.3, -0.25) is 9.59 Å². The second kappa shape index (κ2) is 9.19. The highest BCUT2D eigenvalue weighted by Crippen LogP contribution is 2.53. The fraction of sp³-hybridized carbons (Fsp3) is 0.682. The molecular formula is C22H31N7O5S. The Morgan fingerprint density at radius 3 is 2.80 bits per heavy atom. The van der Waals surface area contributed by atoms with Gasteiger partial charge in [0.25, 0.3) is 0 Å². The summed E-state index contributed by atoms with van der Waals surface area (Å²) in [6.07, 6.45) is 3.01. The number of β-lactam (4-membered cyclic amide) rings is 1. The van der Waals surface area contributed by atoms with Crippen LogP contribution in [0.3, 0.4) is 0 Å². The topological polar surface area (TPSA) is 167 Å². The number of aliphatic hydroxyl groups excluding tert-OH is 1. The Balaban J connectivity index is 1.29. The molecule has 3 saturated heterocycles. The van der Waals surface area contributed by atoms with Crippen molar-refractivity contribution < 1.29 is 24.6 Å². The van der Waals surface area contributed by atoms with Crippen molar-refractivity contribution in [3.05, 3.63) is 22.5 Å². The summed E-state index contributed by atoms with van der Waals surface area (Å²) in [6.45, 7) is 5.40. The molecule has 2 amide bonds. The number of nitrogens with zero attached hydrogens (tertiary/aromatic N) is 5. The highest BCUT2D eigenvalue weighted by atomic mass is 32.2. The minimum atomic E-state index is -1.12. The average Bonchev–Trinajstić information content (AvgIpc) is 3.61. The van der Waals surface area contributed by atoms with Gasteiger partial charge in [-0.1, -0.05) is 12.1 Å². The maximum Gasteiger partial charge on any atom is 0.353 e. The lowest BCUT2D eigenvalue weighted by molar-refractivity contribution is -0.159. The van der Waals surface area contributed by atoms with Crippen molar-refractivity contribution in [1.29, 1.82) is 0 Å². The molecule has 0 spiro atoms. The molecule has 12 nitrogen and oxygen atoms in total. The number of rotatable bonds is 7. The van der Waals surface area contributed by atoms with Gasteiger partial charge in [-0.15, -0.1) is 16.9 Å². The van der Waals surface area contributed by atoms with Crippen LogP contribution < -0.4 is 11.1 Å². The van der Waals surface area contributed by atoms with E-state index in [0.717, 1.165) is 6.42 Å². The van der Waals surface area contributed by atoms with Crippen LogP contribution in [0.5, 0.6) is 0 Å². The smallest absolute Gasteiger partial charge is 0.353 e. The molecule has 0 aliphatic carbocycles. The lowest BCUT2D eigenvalue weighted by atomic mass is 9.78. The Bertz CT molecular complexity index is 1080. The van der Waals surface area contributed by atoms with E-state index in [2.05, 4.69) is 15.6 Å². The molecule has 1 aromatic rings. The van der Waals surface area contributed by atoms with Gasteiger partial charge in [0.05, 0.1) is 36.8 Å². The third kappa shape index (κ3) is 4.03. The van der Waals surface area contributed by atoms with E-state index in [0.29, 0.717) is 36.7 Å². The van der Waals surface area contributed by atoms with Gasteiger partial charge in [0.1, 0.15) is 11.4 Å². The normalized spacial score (nSPS) is 33.3. The quantitative estimate of drug-likeness (QED) is 0.342. The summed E-state index contributed by atoms with van der Waals surface area (Å²) >= 11 is 1.47. The predicted molar refractivity (Wildman–Crippen MR) is 126 cm³/mol. The molecule has 1 aromatic heterocycles. The first kappa shape index (κ1) is 24.2. The van der Waals surface area contributed by atoms with Gasteiger partial charge in [-0.05, 0) is 19.8 Å². The van der Waals surface area contributed by atoms with E-state index in [4.69, 9.17) is 5.73 Å². The standard InChI is InChI=1S/C22H31N7O5S/c1-10-17-16(11(2)28-8-13(9-30)25-26-28)21(32)29(17)18(22(33)34)19(10)35-14-5-15(24-6-14)20(31)27-4-3-12(23)7-27/h8,10-12,14-17,24,30H,3-7,9,23H2,1-2H3,(H,33,34)/t10-,11-,12-,14+,15+,16-,17-/m1/s1. The second-order valence-corrected chi connectivity index (χ2v) is 11.2. The van der Waals surface area contributed by atoms with Crippen LogP contribution in [0.2, 0.25) is 0 Å².